The molecule has 0 fully saturated rings. The van der Waals surface area contributed by atoms with Crippen LogP contribution in [0.25, 0.3) is 0 Å². The molecule has 0 unspecified atom stereocenters. The average Bonchev–Trinajstić information content (AvgIpc) is 2.88. The fourth-order valence-corrected chi connectivity index (χ4v) is 3.84. The zero-order valence-electron chi connectivity index (χ0n) is 18.8. The highest BCUT2D eigenvalue weighted by molar-refractivity contribution is 6.32. The molecule has 2 N–H and O–H groups in total. The SMILES string of the molecule is C[C@H](C(=O)Nc1ccc(OC(F)F)c(Cl)c1)N(C)CC(=O)N1c2ccccc2NC(=O)C[C@@H]1C. The van der Waals surface area contributed by atoms with Crippen molar-refractivity contribution < 1.29 is 27.9 Å². The van der Waals surface area contributed by atoms with Crippen LogP contribution in [0.1, 0.15) is 20.3 Å². The van der Waals surface area contributed by atoms with Gasteiger partial charge in [-0.15, -0.1) is 0 Å². The van der Waals surface area contributed by atoms with E-state index in [0.29, 0.717) is 17.1 Å². The molecule has 0 aromatic heterocycles. The maximum atomic E-state index is 13.2. The maximum absolute atomic E-state index is 13.2. The molecule has 182 valence electrons. The van der Waals surface area contributed by atoms with E-state index >= 15 is 0 Å². The van der Waals surface area contributed by atoms with Crippen LogP contribution >= 0.6 is 11.6 Å². The van der Waals surface area contributed by atoms with Gasteiger partial charge in [0.2, 0.25) is 17.7 Å². The number of carbonyl (C=O) groups excluding carboxylic acids is 3. The van der Waals surface area contributed by atoms with E-state index in [4.69, 9.17) is 11.6 Å². The van der Waals surface area contributed by atoms with Crippen molar-refractivity contribution in [3.8, 4) is 5.75 Å². The zero-order valence-corrected chi connectivity index (χ0v) is 19.6. The van der Waals surface area contributed by atoms with Gasteiger partial charge in [0.05, 0.1) is 29.0 Å². The van der Waals surface area contributed by atoms with Crippen LogP contribution in [0.2, 0.25) is 5.02 Å². The Morgan fingerprint density at radius 1 is 1.29 bits per heavy atom. The standard InChI is InChI=1S/C23H25ClF2N4O4/c1-13-10-20(31)28-17-6-4-5-7-18(17)30(13)21(32)12-29(3)14(2)22(33)27-15-8-9-19(16(24)11-15)34-23(25)26/h4-9,11,13-14,23H,10,12H2,1-3H3,(H,27,33)(H,28,31)/t13-,14+/m0/s1. The summed E-state index contributed by atoms with van der Waals surface area (Å²) in [4.78, 5) is 41.2. The number of nitrogens with one attached hydrogen (secondary N) is 2. The summed E-state index contributed by atoms with van der Waals surface area (Å²) in [6.45, 7) is 0.324. The summed E-state index contributed by atoms with van der Waals surface area (Å²) in [5.74, 6) is -1.07. The second-order valence-corrected chi connectivity index (χ2v) is 8.39. The highest BCUT2D eigenvalue weighted by Crippen LogP contribution is 2.32. The third kappa shape index (κ3) is 6.00. The van der Waals surface area contributed by atoms with Gasteiger partial charge in [0, 0.05) is 18.2 Å². The summed E-state index contributed by atoms with van der Waals surface area (Å²) in [5, 5.41) is 5.38. The summed E-state index contributed by atoms with van der Waals surface area (Å²) < 4.78 is 29.1. The van der Waals surface area contributed by atoms with E-state index in [0.717, 1.165) is 0 Å². The first kappa shape index (κ1) is 25.4. The van der Waals surface area contributed by atoms with Crippen molar-refractivity contribution in [3.63, 3.8) is 0 Å². The fraction of sp³-hybridized carbons (Fsp3) is 0.348. The van der Waals surface area contributed by atoms with Crippen LogP contribution < -0.4 is 20.3 Å². The minimum atomic E-state index is -3.02. The molecular formula is C23H25ClF2N4O4. The lowest BCUT2D eigenvalue weighted by Crippen LogP contribution is -2.48. The molecule has 1 aliphatic rings. The highest BCUT2D eigenvalue weighted by Gasteiger charge is 2.31. The molecule has 11 heteroatoms. The largest absolute Gasteiger partial charge is 0.433 e. The first-order chi connectivity index (χ1) is 16.1. The number of likely N-dealkylation sites (N-methyl/N-ethyl adjacent to an activating group) is 1. The molecule has 8 nitrogen and oxygen atoms in total. The number of hydrogen-bond acceptors (Lipinski definition) is 5. The van der Waals surface area contributed by atoms with Crippen molar-refractivity contribution in [1.82, 2.24) is 4.90 Å². The number of amides is 3. The third-order valence-electron chi connectivity index (χ3n) is 5.47. The monoisotopic (exact) mass is 494 g/mol. The van der Waals surface area contributed by atoms with Gasteiger partial charge >= 0.3 is 6.61 Å². The molecule has 1 heterocycles. The van der Waals surface area contributed by atoms with Crippen molar-refractivity contribution in [1.29, 1.82) is 0 Å². The summed E-state index contributed by atoms with van der Waals surface area (Å²) >= 11 is 5.93. The molecule has 1 aliphatic heterocycles. The van der Waals surface area contributed by atoms with Crippen LogP contribution in [0.3, 0.4) is 0 Å². The second-order valence-electron chi connectivity index (χ2n) is 7.99. The molecule has 3 rings (SSSR count). The number of ether oxygens (including phenoxy) is 1. The van der Waals surface area contributed by atoms with E-state index in [-0.39, 0.29) is 41.6 Å². The van der Waals surface area contributed by atoms with Gasteiger partial charge in [0.25, 0.3) is 0 Å². The predicted octanol–water partition coefficient (Wildman–Crippen LogP) is 3.96. The molecule has 2 atom stereocenters. The molecule has 0 saturated heterocycles. The summed E-state index contributed by atoms with van der Waals surface area (Å²) in [6.07, 6.45) is 0.145. The quantitative estimate of drug-likeness (QED) is 0.608. The number of nitrogens with zero attached hydrogens (tertiary/aromatic N) is 2. The van der Waals surface area contributed by atoms with Crippen LogP contribution in [0, 0.1) is 0 Å². The number of halogens is 3. The molecule has 3 amide bonds. The van der Waals surface area contributed by atoms with E-state index in [9.17, 15) is 23.2 Å². The number of hydrogen-bond donors (Lipinski definition) is 2. The van der Waals surface area contributed by atoms with Crippen molar-refractivity contribution >= 4 is 46.4 Å². The Morgan fingerprint density at radius 2 is 2.00 bits per heavy atom. The number of anilines is 3. The summed E-state index contributed by atoms with van der Waals surface area (Å²) in [6, 6.07) is 9.89. The number of alkyl halides is 2. The van der Waals surface area contributed by atoms with Gasteiger partial charge in [-0.25, -0.2) is 0 Å². The van der Waals surface area contributed by atoms with Gasteiger partial charge in [-0.3, -0.25) is 19.3 Å². The van der Waals surface area contributed by atoms with Crippen molar-refractivity contribution in [3.05, 3.63) is 47.5 Å². The Hall–Kier alpha value is -3.24. The van der Waals surface area contributed by atoms with E-state index in [1.165, 1.54) is 18.2 Å². The number of rotatable bonds is 7. The Bertz CT molecular complexity index is 1080. The average molecular weight is 495 g/mol. The molecule has 2 aromatic carbocycles. The topological polar surface area (TPSA) is 91.0 Å². The smallest absolute Gasteiger partial charge is 0.387 e. The highest BCUT2D eigenvalue weighted by atomic mass is 35.5. The van der Waals surface area contributed by atoms with Crippen molar-refractivity contribution in [2.75, 3.05) is 29.1 Å². The summed E-state index contributed by atoms with van der Waals surface area (Å²) in [7, 11) is 1.63. The van der Waals surface area contributed by atoms with Crippen LogP contribution in [-0.2, 0) is 14.4 Å². The van der Waals surface area contributed by atoms with Gasteiger partial charge in [-0.2, -0.15) is 8.78 Å². The number of benzene rings is 2. The van der Waals surface area contributed by atoms with E-state index in [1.54, 1.807) is 55.0 Å². The normalized spacial score (nSPS) is 16.5. The van der Waals surface area contributed by atoms with Crippen molar-refractivity contribution in [2.24, 2.45) is 0 Å². The predicted molar refractivity (Wildman–Crippen MR) is 125 cm³/mol. The first-order valence-electron chi connectivity index (χ1n) is 10.5. The van der Waals surface area contributed by atoms with Gasteiger partial charge in [0.1, 0.15) is 5.75 Å². The van der Waals surface area contributed by atoms with Crippen molar-refractivity contribution in [2.45, 2.75) is 39.0 Å². The first-order valence-corrected chi connectivity index (χ1v) is 10.9. The van der Waals surface area contributed by atoms with Crippen LogP contribution in [0.5, 0.6) is 5.75 Å². The molecule has 0 saturated carbocycles. The lowest BCUT2D eigenvalue weighted by atomic mass is 10.1. The molecule has 0 bridgehead atoms. The Balaban J connectivity index is 1.67. The molecule has 0 radical (unpaired) electrons. The Labute approximate surface area is 200 Å². The maximum Gasteiger partial charge on any atom is 0.387 e. The zero-order chi connectivity index (χ0) is 25.0. The van der Waals surface area contributed by atoms with Crippen LogP contribution in [-0.4, -0.2) is 54.9 Å². The van der Waals surface area contributed by atoms with E-state index in [2.05, 4.69) is 15.4 Å². The van der Waals surface area contributed by atoms with Gasteiger partial charge in [-0.05, 0) is 51.2 Å². The van der Waals surface area contributed by atoms with Gasteiger partial charge in [-0.1, -0.05) is 23.7 Å². The van der Waals surface area contributed by atoms with Crippen LogP contribution in [0.15, 0.2) is 42.5 Å². The van der Waals surface area contributed by atoms with E-state index in [1.807, 2.05) is 0 Å². The lowest BCUT2D eigenvalue weighted by Gasteiger charge is -2.31. The second kappa shape index (κ2) is 10.8. The number of fused-ring (bicyclic) bond motifs is 1. The molecule has 0 aliphatic carbocycles. The van der Waals surface area contributed by atoms with Gasteiger partial charge in [0.15, 0.2) is 0 Å². The van der Waals surface area contributed by atoms with E-state index < -0.39 is 18.6 Å². The minimum Gasteiger partial charge on any atom is -0.433 e. The molecule has 0 spiro atoms. The Morgan fingerprint density at radius 3 is 2.68 bits per heavy atom. The molecule has 2 aromatic rings. The Kier molecular flexibility index (Phi) is 8.06. The molecule has 34 heavy (non-hydrogen) atoms. The molecular weight excluding hydrogens is 470 g/mol. The fourth-order valence-electron chi connectivity index (χ4n) is 3.61. The van der Waals surface area contributed by atoms with Crippen LogP contribution in [0.4, 0.5) is 25.8 Å². The minimum absolute atomic E-state index is 0.0775. The number of carbonyl (C=O) groups is 3. The van der Waals surface area contributed by atoms with Gasteiger partial charge < -0.3 is 20.3 Å². The summed E-state index contributed by atoms with van der Waals surface area (Å²) in [5.41, 5.74) is 1.44. The third-order valence-corrected chi connectivity index (χ3v) is 5.76. The lowest BCUT2D eigenvalue weighted by molar-refractivity contribution is -0.123. The number of para-hydroxylation sites is 2.